The fourth-order valence-electron chi connectivity index (χ4n) is 4.32. The Morgan fingerprint density at radius 2 is 1.61 bits per heavy atom. The number of hydrogen-bond acceptors (Lipinski definition) is 6. The molecule has 0 aromatic heterocycles. The maximum atomic E-state index is 13.9. The zero-order valence-corrected chi connectivity index (χ0v) is 21.5. The summed E-state index contributed by atoms with van der Waals surface area (Å²) in [6, 6.07) is -1.26. The third kappa shape index (κ3) is 7.58. The molecule has 1 aliphatic carbocycles. The molecule has 212 valence electrons. The summed E-state index contributed by atoms with van der Waals surface area (Å²) in [5, 5.41) is 13.2. The van der Waals surface area contributed by atoms with E-state index in [9.17, 15) is 37.1 Å². The standard InChI is InChI=1S/C26H34F4N2O6/c1-14(2)12-37-21(34)11-19(20(33)13-38-24-22(29)17(27)10-18(28)23(24)30)31-25(35)15-6-8-32(9-7-15)26(36)16-4-3-5-16/h10,14-16,19-20,33H,3-9,11-13H2,1-2H3,(H,31,35)/t19-,20?/m0/s1. The van der Waals surface area contributed by atoms with Crippen LogP contribution in [0, 0.1) is 41.0 Å². The van der Waals surface area contributed by atoms with E-state index in [-0.39, 0.29) is 30.4 Å². The summed E-state index contributed by atoms with van der Waals surface area (Å²) in [6.07, 6.45) is 1.41. The Morgan fingerprint density at radius 3 is 2.13 bits per heavy atom. The summed E-state index contributed by atoms with van der Waals surface area (Å²) < 4.78 is 64.8. The lowest BCUT2D eigenvalue weighted by Gasteiger charge is -2.36. The summed E-state index contributed by atoms with van der Waals surface area (Å²) in [5.74, 6) is -9.81. The summed E-state index contributed by atoms with van der Waals surface area (Å²) in [7, 11) is 0. The number of aliphatic hydroxyl groups is 1. The molecule has 2 aliphatic rings. The predicted octanol–water partition coefficient (Wildman–Crippen LogP) is 3.10. The Bertz CT molecular complexity index is 986. The number of carbonyl (C=O) groups is 3. The molecule has 1 aromatic carbocycles. The van der Waals surface area contributed by atoms with Gasteiger partial charge in [-0.25, -0.2) is 8.78 Å². The first kappa shape index (κ1) is 29.7. The second-order valence-corrected chi connectivity index (χ2v) is 10.3. The number of nitrogens with zero attached hydrogens (tertiary/aromatic N) is 1. The molecule has 8 nitrogen and oxygen atoms in total. The average molecular weight is 547 g/mol. The van der Waals surface area contributed by atoms with Gasteiger partial charge in [0, 0.05) is 31.0 Å². The van der Waals surface area contributed by atoms with E-state index >= 15 is 0 Å². The highest BCUT2D eigenvalue weighted by molar-refractivity contribution is 5.82. The number of piperidine rings is 1. The molecule has 1 unspecified atom stereocenters. The van der Waals surface area contributed by atoms with Gasteiger partial charge in [-0.15, -0.1) is 0 Å². The van der Waals surface area contributed by atoms with Crippen molar-refractivity contribution in [3.63, 3.8) is 0 Å². The minimum atomic E-state index is -1.78. The van der Waals surface area contributed by atoms with Crippen LogP contribution in [0.2, 0.25) is 0 Å². The number of hydrogen-bond donors (Lipinski definition) is 2. The zero-order valence-electron chi connectivity index (χ0n) is 21.5. The van der Waals surface area contributed by atoms with Gasteiger partial charge in [0.05, 0.1) is 19.1 Å². The van der Waals surface area contributed by atoms with Crippen LogP contribution in [0.3, 0.4) is 0 Å². The third-order valence-corrected chi connectivity index (χ3v) is 6.86. The van der Waals surface area contributed by atoms with Gasteiger partial charge in [0.2, 0.25) is 23.4 Å². The van der Waals surface area contributed by atoms with Crippen molar-refractivity contribution in [2.45, 2.75) is 64.5 Å². The van der Waals surface area contributed by atoms with Crippen molar-refractivity contribution >= 4 is 17.8 Å². The Balaban J connectivity index is 1.63. The van der Waals surface area contributed by atoms with Crippen molar-refractivity contribution in [3.8, 4) is 5.75 Å². The van der Waals surface area contributed by atoms with Gasteiger partial charge in [-0.05, 0) is 31.6 Å². The van der Waals surface area contributed by atoms with E-state index in [1.165, 1.54) is 0 Å². The first-order valence-electron chi connectivity index (χ1n) is 12.9. The molecule has 1 aromatic rings. The SMILES string of the molecule is CC(C)COC(=O)C[C@H](NC(=O)C1CCN(C(=O)C2CCC2)CC1)C(O)COc1c(F)c(F)cc(F)c1F. The lowest BCUT2D eigenvalue weighted by molar-refractivity contribution is -0.147. The van der Waals surface area contributed by atoms with E-state index in [0.29, 0.717) is 25.9 Å². The van der Waals surface area contributed by atoms with E-state index in [4.69, 9.17) is 9.47 Å². The number of amides is 2. The molecule has 3 rings (SSSR count). The van der Waals surface area contributed by atoms with Crippen molar-refractivity contribution < 1.29 is 46.5 Å². The van der Waals surface area contributed by atoms with Gasteiger partial charge >= 0.3 is 5.97 Å². The summed E-state index contributed by atoms with van der Waals surface area (Å²) >= 11 is 0. The third-order valence-electron chi connectivity index (χ3n) is 6.86. The summed E-state index contributed by atoms with van der Waals surface area (Å²) in [5.41, 5.74) is 0. The fourth-order valence-corrected chi connectivity index (χ4v) is 4.32. The summed E-state index contributed by atoms with van der Waals surface area (Å²) in [4.78, 5) is 39.5. The molecule has 2 atom stereocenters. The minimum Gasteiger partial charge on any atom is -0.485 e. The Kier molecular flexibility index (Phi) is 10.3. The van der Waals surface area contributed by atoms with Crippen molar-refractivity contribution in [2.24, 2.45) is 17.8 Å². The van der Waals surface area contributed by atoms with Crippen molar-refractivity contribution in [1.82, 2.24) is 10.2 Å². The fraction of sp³-hybridized carbons (Fsp3) is 0.654. The van der Waals surface area contributed by atoms with Crippen LogP contribution < -0.4 is 10.1 Å². The number of aliphatic hydroxyl groups excluding tert-OH is 1. The Labute approximate surface area is 218 Å². The van der Waals surface area contributed by atoms with E-state index in [1.807, 2.05) is 13.8 Å². The highest BCUT2D eigenvalue weighted by Gasteiger charge is 2.35. The molecule has 38 heavy (non-hydrogen) atoms. The van der Waals surface area contributed by atoms with Crippen LogP contribution in [0.4, 0.5) is 17.6 Å². The molecule has 1 heterocycles. The topological polar surface area (TPSA) is 105 Å². The monoisotopic (exact) mass is 546 g/mol. The van der Waals surface area contributed by atoms with Gasteiger partial charge < -0.3 is 24.8 Å². The molecule has 2 fully saturated rings. The first-order valence-corrected chi connectivity index (χ1v) is 12.9. The lowest BCUT2D eigenvalue weighted by Crippen LogP contribution is -2.51. The van der Waals surface area contributed by atoms with Gasteiger partial charge in [0.1, 0.15) is 12.7 Å². The largest absolute Gasteiger partial charge is 0.485 e. The van der Waals surface area contributed by atoms with E-state index in [1.54, 1.807) is 4.90 Å². The van der Waals surface area contributed by atoms with Gasteiger partial charge in [0.15, 0.2) is 17.4 Å². The van der Waals surface area contributed by atoms with Gasteiger partial charge in [-0.2, -0.15) is 8.78 Å². The van der Waals surface area contributed by atoms with Crippen molar-refractivity contribution in [3.05, 3.63) is 29.3 Å². The number of benzene rings is 1. The molecule has 1 saturated carbocycles. The minimum absolute atomic E-state index is 0.0206. The Hall–Kier alpha value is -2.89. The predicted molar refractivity (Wildman–Crippen MR) is 127 cm³/mol. The molecular formula is C26H34F4N2O6. The molecule has 1 saturated heterocycles. The molecule has 0 bridgehead atoms. The maximum Gasteiger partial charge on any atom is 0.307 e. The molecule has 1 aliphatic heterocycles. The van der Waals surface area contributed by atoms with Crippen LogP contribution in [0.15, 0.2) is 6.07 Å². The zero-order chi connectivity index (χ0) is 28.0. The van der Waals surface area contributed by atoms with E-state index in [0.717, 1.165) is 19.3 Å². The number of likely N-dealkylation sites (tertiary alicyclic amines) is 1. The van der Waals surface area contributed by atoms with Crippen LogP contribution in [-0.4, -0.2) is 66.2 Å². The normalized spacial score (nSPS) is 18.1. The maximum absolute atomic E-state index is 13.9. The first-order chi connectivity index (χ1) is 18.0. The number of esters is 1. The van der Waals surface area contributed by atoms with Crippen molar-refractivity contribution in [1.29, 1.82) is 0 Å². The van der Waals surface area contributed by atoms with Crippen LogP contribution in [0.25, 0.3) is 0 Å². The number of ether oxygens (including phenoxy) is 2. The van der Waals surface area contributed by atoms with Gasteiger partial charge in [-0.1, -0.05) is 20.3 Å². The van der Waals surface area contributed by atoms with Gasteiger partial charge in [0.25, 0.3) is 0 Å². The number of nitrogens with one attached hydrogen (secondary N) is 1. The van der Waals surface area contributed by atoms with Crippen LogP contribution >= 0.6 is 0 Å². The second kappa shape index (κ2) is 13.3. The molecule has 2 amide bonds. The summed E-state index contributed by atoms with van der Waals surface area (Å²) in [6.45, 7) is 3.66. The van der Waals surface area contributed by atoms with Crippen LogP contribution in [-0.2, 0) is 19.1 Å². The highest BCUT2D eigenvalue weighted by Crippen LogP contribution is 2.30. The Morgan fingerprint density at radius 1 is 1.00 bits per heavy atom. The number of halogens is 4. The number of rotatable bonds is 11. The highest BCUT2D eigenvalue weighted by atomic mass is 19.2. The second-order valence-electron chi connectivity index (χ2n) is 10.3. The molecule has 0 radical (unpaired) electrons. The number of carbonyl (C=O) groups excluding carboxylic acids is 3. The van der Waals surface area contributed by atoms with Crippen LogP contribution in [0.1, 0.15) is 52.4 Å². The molecule has 12 heteroatoms. The molecular weight excluding hydrogens is 512 g/mol. The van der Waals surface area contributed by atoms with Crippen molar-refractivity contribution in [2.75, 3.05) is 26.3 Å². The molecule has 0 spiro atoms. The van der Waals surface area contributed by atoms with Gasteiger partial charge in [-0.3, -0.25) is 14.4 Å². The quantitative estimate of drug-likeness (QED) is 0.251. The smallest absolute Gasteiger partial charge is 0.307 e. The lowest BCUT2D eigenvalue weighted by atomic mass is 9.83. The van der Waals surface area contributed by atoms with E-state index in [2.05, 4.69) is 5.32 Å². The van der Waals surface area contributed by atoms with E-state index < -0.39 is 72.0 Å². The van der Waals surface area contributed by atoms with Crippen LogP contribution in [0.5, 0.6) is 5.75 Å². The average Bonchev–Trinajstić information content (AvgIpc) is 2.84. The molecule has 2 N–H and O–H groups in total.